The van der Waals surface area contributed by atoms with Gasteiger partial charge in [-0.1, -0.05) is 15.9 Å². The molecule has 0 aliphatic carbocycles. The predicted octanol–water partition coefficient (Wildman–Crippen LogP) is 2.83. The number of ether oxygens (including phenoxy) is 1. The molecular weight excluding hydrogens is 520 g/mol. The summed E-state index contributed by atoms with van der Waals surface area (Å²) in [6.07, 6.45) is 0. The van der Waals surface area contributed by atoms with Crippen molar-refractivity contribution in [2.45, 2.75) is 0 Å². The Morgan fingerprint density at radius 1 is 1.11 bits per heavy atom. The fraction of sp³-hybridized carbons (Fsp3) is 0.0625. The van der Waals surface area contributed by atoms with Crippen LogP contribution in [0.4, 0.5) is 5.69 Å². The summed E-state index contributed by atoms with van der Waals surface area (Å²) in [5.41, 5.74) is 4.68. The van der Waals surface area contributed by atoms with Gasteiger partial charge in [0.1, 0.15) is 5.75 Å². The van der Waals surface area contributed by atoms with Crippen molar-refractivity contribution in [3.05, 3.63) is 67.1 Å². The molecule has 0 atom stereocenters. The van der Waals surface area contributed by atoms with Crippen LogP contribution in [-0.4, -0.2) is 28.5 Å². The van der Waals surface area contributed by atoms with Gasteiger partial charge in [-0.3, -0.25) is 35.9 Å². The summed E-state index contributed by atoms with van der Waals surface area (Å²) in [6.45, 7) is -0.293. The number of nitrogens with one attached hydrogen (secondary N) is 3. The average Bonchev–Trinajstić information content (AvgIpc) is 2.65. The van der Waals surface area contributed by atoms with E-state index in [9.17, 15) is 19.7 Å². The maximum absolute atomic E-state index is 11.9. The zero-order valence-electron chi connectivity index (χ0n) is 13.9. The predicted molar refractivity (Wildman–Crippen MR) is 112 cm³/mol. The first-order valence-corrected chi connectivity index (χ1v) is 9.48. The van der Waals surface area contributed by atoms with Crippen LogP contribution in [0.5, 0.6) is 5.75 Å². The number of carbonyl (C=O) groups is 2. The van der Waals surface area contributed by atoms with E-state index in [1.165, 1.54) is 24.3 Å². The van der Waals surface area contributed by atoms with Gasteiger partial charge >= 0.3 is 0 Å². The van der Waals surface area contributed by atoms with Gasteiger partial charge in [0.05, 0.1) is 9.40 Å². The Kier molecular flexibility index (Phi) is 7.84. The van der Waals surface area contributed by atoms with E-state index in [4.69, 9.17) is 17.0 Å². The van der Waals surface area contributed by atoms with E-state index in [1.54, 1.807) is 18.2 Å². The molecule has 3 N–H and O–H groups in total. The maximum Gasteiger partial charge on any atom is 0.269 e. The van der Waals surface area contributed by atoms with Crippen LogP contribution in [0.1, 0.15) is 10.4 Å². The summed E-state index contributed by atoms with van der Waals surface area (Å²) < 4.78 is 6.89. The third-order valence-corrected chi connectivity index (χ3v) is 4.45. The number of rotatable bonds is 5. The first-order chi connectivity index (χ1) is 13.3. The molecule has 0 heterocycles. The third kappa shape index (κ3) is 6.55. The molecule has 0 aliphatic heterocycles. The second-order valence-electron chi connectivity index (χ2n) is 5.12. The van der Waals surface area contributed by atoms with E-state index in [-0.39, 0.29) is 23.0 Å². The molecule has 9 nitrogen and oxygen atoms in total. The minimum Gasteiger partial charge on any atom is -0.483 e. The quantitative estimate of drug-likeness (QED) is 0.308. The standard InChI is InChI=1S/C16H12Br2N4O5S/c17-10-3-6-13(12(18)7-10)27-8-14(23)19-16(28)21-20-15(24)9-1-4-11(5-2-9)22(25)26/h1-7H,8H2,(H,20,24)(H2,19,21,23,28). The average molecular weight is 532 g/mol. The molecule has 0 bridgehead atoms. The number of amides is 2. The number of nitro benzene ring substituents is 1. The fourth-order valence-electron chi connectivity index (χ4n) is 1.85. The number of halogens is 2. The molecule has 0 aromatic heterocycles. The van der Waals surface area contributed by atoms with Crippen molar-refractivity contribution in [1.82, 2.24) is 16.2 Å². The third-order valence-electron chi connectivity index (χ3n) is 3.14. The van der Waals surface area contributed by atoms with Crippen LogP contribution in [0.3, 0.4) is 0 Å². The van der Waals surface area contributed by atoms with E-state index in [0.29, 0.717) is 10.2 Å². The molecule has 0 saturated carbocycles. The second-order valence-corrected chi connectivity index (χ2v) is 7.30. The van der Waals surface area contributed by atoms with Crippen LogP contribution in [0.15, 0.2) is 51.4 Å². The van der Waals surface area contributed by atoms with Gasteiger partial charge in [-0.15, -0.1) is 0 Å². The van der Waals surface area contributed by atoms with E-state index < -0.39 is 16.7 Å². The number of hydrogen-bond donors (Lipinski definition) is 3. The van der Waals surface area contributed by atoms with Crippen LogP contribution in [0, 0.1) is 10.1 Å². The van der Waals surface area contributed by atoms with Crippen molar-refractivity contribution in [3.8, 4) is 5.75 Å². The molecule has 0 fully saturated rings. The zero-order chi connectivity index (χ0) is 20.7. The van der Waals surface area contributed by atoms with Crippen molar-refractivity contribution in [2.24, 2.45) is 0 Å². The number of carbonyl (C=O) groups excluding carboxylic acids is 2. The smallest absolute Gasteiger partial charge is 0.269 e. The number of nitrogens with zero attached hydrogens (tertiary/aromatic N) is 1. The molecule has 2 rings (SSSR count). The van der Waals surface area contributed by atoms with Gasteiger partial charge in [0, 0.05) is 22.2 Å². The van der Waals surface area contributed by atoms with Gasteiger partial charge < -0.3 is 4.74 Å². The van der Waals surface area contributed by atoms with E-state index in [0.717, 1.165) is 4.47 Å². The van der Waals surface area contributed by atoms with Crippen LogP contribution >= 0.6 is 44.1 Å². The van der Waals surface area contributed by atoms with Gasteiger partial charge in [-0.05, 0) is 58.5 Å². The van der Waals surface area contributed by atoms with E-state index in [1.807, 2.05) is 0 Å². The Labute approximate surface area is 181 Å². The van der Waals surface area contributed by atoms with Gasteiger partial charge in [0.25, 0.3) is 17.5 Å². The van der Waals surface area contributed by atoms with E-state index in [2.05, 4.69) is 48.0 Å². The van der Waals surface area contributed by atoms with Gasteiger partial charge in [-0.2, -0.15) is 0 Å². The molecule has 0 spiro atoms. The molecule has 2 aromatic rings. The monoisotopic (exact) mass is 530 g/mol. The highest BCUT2D eigenvalue weighted by molar-refractivity contribution is 9.11. The number of nitro groups is 1. The summed E-state index contributed by atoms with van der Waals surface area (Å²) >= 11 is 11.5. The van der Waals surface area contributed by atoms with Crippen molar-refractivity contribution in [1.29, 1.82) is 0 Å². The summed E-state index contributed by atoms with van der Waals surface area (Å²) in [6, 6.07) is 10.2. The molecule has 2 aromatic carbocycles. The lowest BCUT2D eigenvalue weighted by Gasteiger charge is -2.12. The van der Waals surface area contributed by atoms with Crippen LogP contribution in [-0.2, 0) is 4.79 Å². The molecule has 0 aliphatic rings. The molecule has 2 amide bonds. The summed E-state index contributed by atoms with van der Waals surface area (Å²) in [4.78, 5) is 33.8. The van der Waals surface area contributed by atoms with Gasteiger partial charge in [0.15, 0.2) is 11.7 Å². The van der Waals surface area contributed by atoms with Crippen molar-refractivity contribution in [3.63, 3.8) is 0 Å². The number of non-ortho nitro benzene ring substituents is 1. The van der Waals surface area contributed by atoms with Crippen molar-refractivity contribution < 1.29 is 19.2 Å². The lowest BCUT2D eigenvalue weighted by molar-refractivity contribution is -0.384. The molecule has 28 heavy (non-hydrogen) atoms. The zero-order valence-corrected chi connectivity index (χ0v) is 17.9. The van der Waals surface area contributed by atoms with Gasteiger partial charge in [0.2, 0.25) is 0 Å². The highest BCUT2D eigenvalue weighted by atomic mass is 79.9. The van der Waals surface area contributed by atoms with Crippen molar-refractivity contribution >= 4 is 66.7 Å². The van der Waals surface area contributed by atoms with Crippen LogP contribution in [0.2, 0.25) is 0 Å². The Hall–Kier alpha value is -2.57. The number of hydrogen-bond acceptors (Lipinski definition) is 6. The SMILES string of the molecule is O=C(COc1ccc(Br)cc1Br)NC(=S)NNC(=O)c1ccc([N+](=O)[O-])cc1. The molecule has 146 valence electrons. The van der Waals surface area contributed by atoms with E-state index >= 15 is 0 Å². The van der Waals surface area contributed by atoms with Gasteiger partial charge in [-0.25, -0.2) is 0 Å². The highest BCUT2D eigenvalue weighted by Crippen LogP contribution is 2.28. The largest absolute Gasteiger partial charge is 0.483 e. The molecular formula is C16H12Br2N4O5S. The number of hydrazine groups is 1. The first-order valence-electron chi connectivity index (χ1n) is 7.48. The lowest BCUT2D eigenvalue weighted by Crippen LogP contribution is -2.49. The summed E-state index contributed by atoms with van der Waals surface area (Å²) in [5, 5.41) is 12.8. The molecule has 0 unspecified atom stereocenters. The summed E-state index contributed by atoms with van der Waals surface area (Å²) in [5.74, 6) is -0.637. The summed E-state index contributed by atoms with van der Waals surface area (Å²) in [7, 11) is 0. The normalized spacial score (nSPS) is 9.93. The molecule has 0 saturated heterocycles. The lowest BCUT2D eigenvalue weighted by atomic mass is 10.2. The maximum atomic E-state index is 11.9. The number of benzene rings is 2. The molecule has 12 heteroatoms. The van der Waals surface area contributed by atoms with Crippen molar-refractivity contribution in [2.75, 3.05) is 6.61 Å². The number of thiocarbonyl (C=S) groups is 1. The minimum atomic E-state index is -0.582. The topological polar surface area (TPSA) is 123 Å². The fourth-order valence-corrected chi connectivity index (χ4v) is 3.18. The first kappa shape index (κ1) is 21.7. The van der Waals surface area contributed by atoms with Crippen LogP contribution < -0.4 is 20.9 Å². The minimum absolute atomic E-state index is 0.135. The molecule has 0 radical (unpaired) electrons. The van der Waals surface area contributed by atoms with Crippen LogP contribution in [0.25, 0.3) is 0 Å². The Balaban J connectivity index is 1.77. The Morgan fingerprint density at radius 3 is 2.39 bits per heavy atom. The highest BCUT2D eigenvalue weighted by Gasteiger charge is 2.11. The second kappa shape index (κ2) is 10.1. The Morgan fingerprint density at radius 2 is 1.79 bits per heavy atom. The Bertz CT molecular complexity index is 924.